The number of morpholine rings is 1. The Morgan fingerprint density at radius 3 is 2.38 bits per heavy atom. The fraction of sp³-hybridized carbons (Fsp3) is 0.538. The van der Waals surface area contributed by atoms with E-state index in [1.807, 2.05) is 0 Å². The van der Waals surface area contributed by atoms with E-state index in [1.165, 1.54) is 16.4 Å². The van der Waals surface area contributed by atoms with E-state index in [9.17, 15) is 18.5 Å². The quantitative estimate of drug-likeness (QED) is 0.625. The second-order valence-electron chi connectivity index (χ2n) is 5.26. The lowest BCUT2D eigenvalue weighted by Crippen LogP contribution is -2.48. The number of benzene rings is 1. The van der Waals surface area contributed by atoms with Gasteiger partial charge in [-0.25, -0.2) is 8.42 Å². The van der Waals surface area contributed by atoms with Crippen LogP contribution in [0.15, 0.2) is 23.1 Å². The van der Waals surface area contributed by atoms with Crippen molar-refractivity contribution in [3.05, 3.63) is 33.9 Å². The van der Waals surface area contributed by atoms with E-state index < -0.39 is 14.9 Å². The van der Waals surface area contributed by atoms with Crippen LogP contribution >= 0.6 is 0 Å². The van der Waals surface area contributed by atoms with Gasteiger partial charge in [-0.05, 0) is 26.3 Å². The van der Waals surface area contributed by atoms with Gasteiger partial charge >= 0.3 is 0 Å². The third-order valence-corrected chi connectivity index (χ3v) is 5.40. The number of rotatable bonds is 3. The number of nitro groups is 1. The highest BCUT2D eigenvalue weighted by Gasteiger charge is 2.37. The van der Waals surface area contributed by atoms with Gasteiger partial charge in [0.25, 0.3) is 5.69 Å². The van der Waals surface area contributed by atoms with Crippen molar-refractivity contribution < 1.29 is 18.1 Å². The Balaban J connectivity index is 2.52. The molecule has 1 aliphatic rings. The molecular formula is C13H18N2O5S. The SMILES string of the molecule is Cc1cccc([N+](=O)[O-])c1S(=O)(=O)N1C[C@H](C)O[C@@H](C)C1. The van der Waals surface area contributed by atoms with Gasteiger partial charge in [0, 0.05) is 19.2 Å². The number of aryl methyl sites for hydroxylation is 1. The van der Waals surface area contributed by atoms with Crippen molar-refractivity contribution in [2.45, 2.75) is 37.9 Å². The predicted molar refractivity (Wildman–Crippen MR) is 76.6 cm³/mol. The summed E-state index contributed by atoms with van der Waals surface area (Å²) in [5.41, 5.74) is -0.0159. The maximum absolute atomic E-state index is 12.8. The summed E-state index contributed by atoms with van der Waals surface area (Å²) in [5.74, 6) is 0. The van der Waals surface area contributed by atoms with Crippen LogP contribution in [0.4, 0.5) is 5.69 Å². The van der Waals surface area contributed by atoms with Crippen LogP contribution < -0.4 is 0 Å². The van der Waals surface area contributed by atoms with Crippen LogP contribution in [-0.4, -0.2) is 42.9 Å². The first-order chi connectivity index (χ1) is 9.73. The van der Waals surface area contributed by atoms with E-state index in [1.54, 1.807) is 26.8 Å². The molecule has 1 aromatic carbocycles. The molecule has 0 unspecified atom stereocenters. The molecule has 0 aromatic heterocycles. The molecule has 1 fully saturated rings. The van der Waals surface area contributed by atoms with Gasteiger partial charge in [0.2, 0.25) is 10.0 Å². The van der Waals surface area contributed by atoms with E-state index in [2.05, 4.69) is 0 Å². The first-order valence-corrected chi connectivity index (χ1v) is 8.07. The van der Waals surface area contributed by atoms with Gasteiger partial charge < -0.3 is 4.74 Å². The molecule has 7 nitrogen and oxygen atoms in total. The highest BCUT2D eigenvalue weighted by molar-refractivity contribution is 7.89. The van der Waals surface area contributed by atoms with Gasteiger partial charge in [-0.3, -0.25) is 10.1 Å². The molecule has 1 aliphatic heterocycles. The molecular weight excluding hydrogens is 296 g/mol. The Labute approximate surface area is 123 Å². The van der Waals surface area contributed by atoms with E-state index in [4.69, 9.17) is 4.74 Å². The summed E-state index contributed by atoms with van der Waals surface area (Å²) in [7, 11) is -3.92. The summed E-state index contributed by atoms with van der Waals surface area (Å²) >= 11 is 0. The average Bonchev–Trinajstić information content (AvgIpc) is 2.36. The number of sulfonamides is 1. The molecule has 1 heterocycles. The number of ether oxygens (including phenoxy) is 1. The van der Waals surface area contributed by atoms with Gasteiger partial charge in [0.15, 0.2) is 4.90 Å². The lowest BCUT2D eigenvalue weighted by atomic mass is 10.2. The summed E-state index contributed by atoms with van der Waals surface area (Å²) in [5, 5.41) is 11.1. The molecule has 1 aromatic rings. The Morgan fingerprint density at radius 1 is 1.29 bits per heavy atom. The van der Waals surface area contributed by atoms with Crippen molar-refractivity contribution in [1.29, 1.82) is 0 Å². The fourth-order valence-electron chi connectivity index (χ4n) is 2.57. The van der Waals surface area contributed by atoms with Crippen LogP contribution in [0.25, 0.3) is 0 Å². The predicted octanol–water partition coefficient (Wildman–Crippen LogP) is 1.70. The number of nitrogens with zero attached hydrogens (tertiary/aromatic N) is 2. The van der Waals surface area contributed by atoms with Crippen LogP contribution in [0.3, 0.4) is 0 Å². The minimum atomic E-state index is -3.92. The van der Waals surface area contributed by atoms with Gasteiger partial charge in [0.1, 0.15) is 0 Å². The largest absolute Gasteiger partial charge is 0.373 e. The summed E-state index contributed by atoms with van der Waals surface area (Å²) in [4.78, 5) is 10.2. The van der Waals surface area contributed by atoms with Gasteiger partial charge in [0.05, 0.1) is 17.1 Å². The Morgan fingerprint density at radius 2 is 1.86 bits per heavy atom. The number of hydrogen-bond acceptors (Lipinski definition) is 5. The third kappa shape index (κ3) is 3.07. The molecule has 0 saturated carbocycles. The Hall–Kier alpha value is -1.51. The summed E-state index contributed by atoms with van der Waals surface area (Å²) in [6.07, 6.45) is -0.488. The van der Waals surface area contributed by atoms with Crippen LogP contribution in [0.2, 0.25) is 0 Å². The van der Waals surface area contributed by atoms with Crippen LogP contribution in [-0.2, 0) is 14.8 Å². The Bertz CT molecular complexity index is 649. The molecule has 0 amide bonds. The van der Waals surface area contributed by atoms with Crippen LogP contribution in [0, 0.1) is 17.0 Å². The molecule has 2 rings (SSSR count). The molecule has 21 heavy (non-hydrogen) atoms. The normalized spacial score (nSPS) is 24.0. The fourth-order valence-corrected chi connectivity index (χ4v) is 4.52. The van der Waals surface area contributed by atoms with Crippen molar-refractivity contribution in [3.63, 3.8) is 0 Å². The zero-order valence-electron chi connectivity index (χ0n) is 12.1. The first kappa shape index (κ1) is 15.9. The first-order valence-electron chi connectivity index (χ1n) is 6.63. The number of hydrogen-bond donors (Lipinski definition) is 0. The lowest BCUT2D eigenvalue weighted by Gasteiger charge is -2.34. The number of nitro benzene ring substituents is 1. The van der Waals surface area contributed by atoms with Gasteiger partial charge in [-0.2, -0.15) is 4.31 Å². The minimum Gasteiger partial charge on any atom is -0.373 e. The molecule has 1 saturated heterocycles. The van der Waals surface area contributed by atoms with Crippen molar-refractivity contribution >= 4 is 15.7 Å². The van der Waals surface area contributed by atoms with Crippen molar-refractivity contribution in [3.8, 4) is 0 Å². The minimum absolute atomic E-state index is 0.193. The smallest absolute Gasteiger partial charge is 0.289 e. The zero-order chi connectivity index (χ0) is 15.8. The third-order valence-electron chi connectivity index (χ3n) is 3.37. The summed E-state index contributed by atoms with van der Waals surface area (Å²) in [6.45, 7) is 5.51. The molecule has 0 aliphatic carbocycles. The highest BCUT2D eigenvalue weighted by Crippen LogP contribution is 2.31. The van der Waals surface area contributed by atoms with Crippen LogP contribution in [0.1, 0.15) is 19.4 Å². The molecule has 2 atom stereocenters. The second kappa shape index (κ2) is 5.70. The lowest BCUT2D eigenvalue weighted by molar-refractivity contribution is -0.388. The van der Waals surface area contributed by atoms with Crippen molar-refractivity contribution in [2.75, 3.05) is 13.1 Å². The molecule has 0 N–H and O–H groups in total. The van der Waals surface area contributed by atoms with E-state index in [0.29, 0.717) is 5.56 Å². The topological polar surface area (TPSA) is 89.8 Å². The van der Waals surface area contributed by atoms with Crippen molar-refractivity contribution in [1.82, 2.24) is 4.31 Å². The highest BCUT2D eigenvalue weighted by atomic mass is 32.2. The molecule has 0 bridgehead atoms. The second-order valence-corrected chi connectivity index (χ2v) is 7.13. The zero-order valence-corrected chi connectivity index (χ0v) is 13.0. The summed E-state index contributed by atoms with van der Waals surface area (Å²) < 4.78 is 32.4. The molecule has 116 valence electrons. The maximum atomic E-state index is 12.8. The Kier molecular flexibility index (Phi) is 4.31. The molecule has 0 radical (unpaired) electrons. The van der Waals surface area contributed by atoms with E-state index in [0.717, 1.165) is 0 Å². The summed E-state index contributed by atoms with van der Waals surface area (Å²) in [6, 6.07) is 4.26. The van der Waals surface area contributed by atoms with E-state index >= 15 is 0 Å². The van der Waals surface area contributed by atoms with Crippen molar-refractivity contribution in [2.24, 2.45) is 0 Å². The van der Waals surface area contributed by atoms with Crippen LogP contribution in [0.5, 0.6) is 0 Å². The molecule has 8 heteroatoms. The standard InChI is InChI=1S/C13H18N2O5S/c1-9-5-4-6-12(15(16)17)13(9)21(18,19)14-7-10(2)20-11(3)8-14/h4-6,10-11H,7-8H2,1-3H3/t10-,11-/m0/s1. The van der Waals surface area contributed by atoms with Gasteiger partial charge in [-0.15, -0.1) is 0 Å². The van der Waals surface area contributed by atoms with Gasteiger partial charge in [-0.1, -0.05) is 12.1 Å². The van der Waals surface area contributed by atoms with E-state index in [-0.39, 0.29) is 35.9 Å². The monoisotopic (exact) mass is 314 g/mol. The molecule has 0 spiro atoms. The average molecular weight is 314 g/mol. The maximum Gasteiger partial charge on any atom is 0.289 e.